The highest BCUT2D eigenvalue weighted by Gasteiger charge is 2.03. The van der Waals surface area contributed by atoms with Gasteiger partial charge in [0.25, 0.3) is 0 Å². The van der Waals surface area contributed by atoms with E-state index >= 15 is 0 Å². The van der Waals surface area contributed by atoms with Crippen LogP contribution in [-0.4, -0.2) is 36.9 Å². The molecule has 0 fully saturated rings. The Labute approximate surface area is 232 Å². The van der Waals surface area contributed by atoms with Gasteiger partial charge in [-0.25, -0.2) is 0 Å². The molecule has 0 saturated heterocycles. The summed E-state index contributed by atoms with van der Waals surface area (Å²) in [5, 5.41) is 0. The van der Waals surface area contributed by atoms with Crippen LogP contribution in [0.25, 0.3) is 0 Å². The molecule has 214 valence electrons. The van der Waals surface area contributed by atoms with Crippen molar-refractivity contribution in [1.82, 2.24) is 0 Å². The maximum atomic E-state index is 11.5. The van der Waals surface area contributed by atoms with Crippen molar-refractivity contribution < 1.29 is 19.1 Å². The lowest BCUT2D eigenvalue weighted by Gasteiger charge is -2.05. The minimum absolute atomic E-state index is 0.0712. The number of unbranched alkanes of at least 4 members (excludes halogenated alkanes) is 19. The molecule has 0 unspecified atom stereocenters. The van der Waals surface area contributed by atoms with Crippen molar-refractivity contribution in [3.05, 3.63) is 0 Å². The molecule has 0 aromatic rings. The van der Waals surface area contributed by atoms with Gasteiger partial charge in [0.2, 0.25) is 0 Å². The van der Waals surface area contributed by atoms with Gasteiger partial charge in [0.15, 0.2) is 0 Å². The molecule has 4 nitrogen and oxygen atoms in total. The summed E-state index contributed by atoms with van der Waals surface area (Å²) >= 11 is 11.2. The van der Waals surface area contributed by atoms with Crippen molar-refractivity contribution in [2.45, 2.75) is 154 Å². The van der Waals surface area contributed by atoms with Crippen LogP contribution in [0.4, 0.5) is 0 Å². The second kappa shape index (κ2) is 30.7. The van der Waals surface area contributed by atoms with Crippen LogP contribution in [0.2, 0.25) is 0 Å². The molecule has 0 saturated carbocycles. The molecule has 0 N–H and O–H groups in total. The highest BCUT2D eigenvalue weighted by molar-refractivity contribution is 6.18. The van der Waals surface area contributed by atoms with Crippen LogP contribution in [0, 0.1) is 0 Å². The van der Waals surface area contributed by atoms with Crippen LogP contribution >= 0.6 is 23.2 Å². The zero-order valence-electron chi connectivity index (χ0n) is 23.2. The van der Waals surface area contributed by atoms with Gasteiger partial charge >= 0.3 is 11.9 Å². The van der Waals surface area contributed by atoms with Crippen LogP contribution in [0.15, 0.2) is 0 Å². The zero-order chi connectivity index (χ0) is 26.4. The van der Waals surface area contributed by atoms with E-state index < -0.39 is 0 Å². The molecule has 0 radical (unpaired) electrons. The molecule has 0 aliphatic carbocycles. The first-order valence-electron chi connectivity index (χ1n) is 15.1. The van der Waals surface area contributed by atoms with Gasteiger partial charge in [-0.2, -0.15) is 0 Å². The molecular weight excluding hydrogens is 495 g/mol. The quantitative estimate of drug-likeness (QED) is 0.0527. The average molecular weight is 552 g/mol. The van der Waals surface area contributed by atoms with Crippen molar-refractivity contribution in [3.8, 4) is 0 Å². The number of alkyl halides is 2. The number of carbonyl (C=O) groups is 2. The molecule has 36 heavy (non-hydrogen) atoms. The monoisotopic (exact) mass is 550 g/mol. The van der Waals surface area contributed by atoms with Gasteiger partial charge < -0.3 is 9.47 Å². The SMILES string of the molecule is O=C(CCCCCl)OCCCCCCCCCCCCCCCCCCCCOC(=O)CCCCCl. The lowest BCUT2D eigenvalue weighted by molar-refractivity contribution is -0.144. The highest BCUT2D eigenvalue weighted by Crippen LogP contribution is 2.14. The van der Waals surface area contributed by atoms with Crippen LogP contribution < -0.4 is 0 Å². The van der Waals surface area contributed by atoms with Crippen molar-refractivity contribution >= 4 is 35.1 Å². The minimum atomic E-state index is -0.0712. The second-order valence-electron chi connectivity index (χ2n) is 10.1. The van der Waals surface area contributed by atoms with Crippen molar-refractivity contribution in [3.63, 3.8) is 0 Å². The number of carbonyl (C=O) groups excluding carboxylic acids is 2. The standard InChI is InChI=1S/C30H56Cl2O4/c31-25-19-17-23-29(33)35-27-21-15-13-11-9-7-5-3-1-2-4-6-8-10-12-14-16-22-28-36-30(34)24-18-20-26-32/h1-28H2. The molecule has 0 aliphatic rings. The maximum Gasteiger partial charge on any atom is 0.305 e. The zero-order valence-corrected chi connectivity index (χ0v) is 24.7. The van der Waals surface area contributed by atoms with E-state index in [1.54, 1.807) is 0 Å². The maximum absolute atomic E-state index is 11.5. The minimum Gasteiger partial charge on any atom is -0.466 e. The van der Waals surface area contributed by atoms with E-state index in [9.17, 15) is 9.59 Å². The molecule has 0 aromatic carbocycles. The summed E-state index contributed by atoms with van der Waals surface area (Å²) in [6, 6.07) is 0. The Morgan fingerprint density at radius 1 is 0.361 bits per heavy atom. The highest BCUT2D eigenvalue weighted by atomic mass is 35.5. The number of esters is 2. The Hall–Kier alpha value is -0.480. The van der Waals surface area contributed by atoms with Gasteiger partial charge in [0, 0.05) is 24.6 Å². The summed E-state index contributed by atoms with van der Waals surface area (Å²) in [7, 11) is 0. The first-order chi connectivity index (χ1) is 17.7. The van der Waals surface area contributed by atoms with Gasteiger partial charge in [-0.1, -0.05) is 103 Å². The van der Waals surface area contributed by atoms with Gasteiger partial charge in [-0.3, -0.25) is 9.59 Å². The molecule has 0 amide bonds. The molecule has 0 bridgehead atoms. The topological polar surface area (TPSA) is 52.6 Å². The summed E-state index contributed by atoms with van der Waals surface area (Å²) in [6.45, 7) is 1.16. The van der Waals surface area contributed by atoms with E-state index in [2.05, 4.69) is 0 Å². The molecule has 0 aliphatic heterocycles. The van der Waals surface area contributed by atoms with Crippen LogP contribution in [0.5, 0.6) is 0 Å². The fourth-order valence-electron chi connectivity index (χ4n) is 4.28. The van der Waals surface area contributed by atoms with E-state index in [1.807, 2.05) is 0 Å². The molecular formula is C30H56Cl2O4. The van der Waals surface area contributed by atoms with Gasteiger partial charge in [0.05, 0.1) is 13.2 Å². The Balaban J connectivity index is 3.12. The number of ether oxygens (including phenoxy) is 2. The van der Waals surface area contributed by atoms with Gasteiger partial charge in [-0.15, -0.1) is 23.2 Å². The fourth-order valence-corrected chi connectivity index (χ4v) is 4.65. The third-order valence-corrected chi connectivity index (χ3v) is 7.13. The summed E-state index contributed by atoms with van der Waals surface area (Å²) in [5.74, 6) is 1.10. The van der Waals surface area contributed by atoms with Crippen molar-refractivity contribution in [1.29, 1.82) is 0 Å². The lowest BCUT2D eigenvalue weighted by Crippen LogP contribution is -2.05. The van der Waals surface area contributed by atoms with E-state index in [0.717, 1.165) is 38.5 Å². The summed E-state index contributed by atoms with van der Waals surface area (Å²) in [6.07, 6.45) is 27.6. The number of rotatable bonds is 29. The molecule has 0 aromatic heterocycles. The molecule has 0 atom stereocenters. The predicted molar refractivity (Wildman–Crippen MR) is 154 cm³/mol. The third kappa shape index (κ3) is 29.7. The smallest absolute Gasteiger partial charge is 0.305 e. The average Bonchev–Trinajstić information content (AvgIpc) is 2.87. The van der Waals surface area contributed by atoms with Crippen molar-refractivity contribution in [2.24, 2.45) is 0 Å². The summed E-state index contributed by atoms with van der Waals surface area (Å²) in [5.41, 5.74) is 0. The number of halogens is 2. The fraction of sp³-hybridized carbons (Fsp3) is 0.933. The second-order valence-corrected chi connectivity index (χ2v) is 10.9. The predicted octanol–water partition coefficient (Wildman–Crippen LogP) is 9.91. The molecule has 0 rings (SSSR count). The van der Waals surface area contributed by atoms with Gasteiger partial charge in [0.1, 0.15) is 0 Å². The van der Waals surface area contributed by atoms with Crippen LogP contribution in [0.3, 0.4) is 0 Å². The normalized spacial score (nSPS) is 11.1. The largest absolute Gasteiger partial charge is 0.466 e. The van der Waals surface area contributed by atoms with Crippen LogP contribution in [-0.2, 0) is 19.1 Å². The Bertz CT molecular complexity index is 432. The Kier molecular flexibility index (Phi) is 30.3. The number of hydrogen-bond donors (Lipinski definition) is 0. The van der Waals surface area contributed by atoms with E-state index in [1.165, 1.54) is 103 Å². The Morgan fingerprint density at radius 3 is 0.861 bits per heavy atom. The van der Waals surface area contributed by atoms with Gasteiger partial charge in [-0.05, 0) is 38.5 Å². The summed E-state index contributed by atoms with van der Waals surface area (Å²) in [4.78, 5) is 23.0. The first-order valence-corrected chi connectivity index (χ1v) is 16.2. The van der Waals surface area contributed by atoms with E-state index in [0.29, 0.717) is 37.8 Å². The molecule has 0 spiro atoms. The lowest BCUT2D eigenvalue weighted by atomic mass is 10.0. The van der Waals surface area contributed by atoms with E-state index in [4.69, 9.17) is 32.7 Å². The van der Waals surface area contributed by atoms with Crippen LogP contribution in [0.1, 0.15) is 154 Å². The summed E-state index contributed by atoms with van der Waals surface area (Å²) < 4.78 is 10.5. The number of hydrogen-bond acceptors (Lipinski definition) is 4. The van der Waals surface area contributed by atoms with Crippen molar-refractivity contribution in [2.75, 3.05) is 25.0 Å². The third-order valence-electron chi connectivity index (χ3n) is 6.59. The van der Waals surface area contributed by atoms with E-state index in [-0.39, 0.29) is 11.9 Å². The first kappa shape index (κ1) is 35.5. The Morgan fingerprint density at radius 2 is 0.611 bits per heavy atom. The molecule has 0 heterocycles. The molecule has 6 heteroatoms.